The molecule has 0 aliphatic heterocycles. The lowest BCUT2D eigenvalue weighted by molar-refractivity contribution is -0.386. The number of halogens is 3. The minimum atomic E-state index is -0.606. The number of rotatable bonds is 6. The lowest BCUT2D eigenvalue weighted by Gasteiger charge is -2.11. The number of nitrogens with zero attached hydrogens (tertiary/aromatic N) is 4. The van der Waals surface area contributed by atoms with Gasteiger partial charge in [-0.15, -0.1) is 0 Å². The minimum absolute atomic E-state index is 0.109. The predicted molar refractivity (Wildman–Crippen MR) is 133 cm³/mol. The molecule has 0 bridgehead atoms. The summed E-state index contributed by atoms with van der Waals surface area (Å²) in [5, 5.41) is 16.3. The molecule has 4 rings (SSSR count). The van der Waals surface area contributed by atoms with Crippen LogP contribution in [-0.2, 0) is 6.61 Å². The second kappa shape index (κ2) is 9.82. The van der Waals surface area contributed by atoms with Gasteiger partial charge in [0, 0.05) is 26.1 Å². The van der Waals surface area contributed by atoms with Crippen molar-refractivity contribution >= 4 is 54.7 Å². The Hall–Kier alpha value is -3.44. The molecule has 0 saturated carbocycles. The van der Waals surface area contributed by atoms with Crippen molar-refractivity contribution in [2.45, 2.75) is 13.5 Å². The van der Waals surface area contributed by atoms with Crippen LogP contribution in [0.4, 0.5) is 10.1 Å². The first kappa shape index (κ1) is 23.7. The highest BCUT2D eigenvalue weighted by Gasteiger charge is 2.21. The Bertz CT molecular complexity index is 1520. The summed E-state index contributed by atoms with van der Waals surface area (Å²) in [5.74, 6) is -0.273. The number of hydrogen-bond donors (Lipinski definition) is 0. The maximum Gasteiger partial charge on any atom is 0.312 e. The molecule has 0 unspecified atom stereocenters. The van der Waals surface area contributed by atoms with Gasteiger partial charge in [0.05, 0.1) is 22.0 Å². The lowest BCUT2D eigenvalue weighted by Crippen LogP contribution is -2.20. The van der Waals surface area contributed by atoms with E-state index in [4.69, 9.17) is 4.74 Å². The third-order valence-electron chi connectivity index (χ3n) is 4.87. The van der Waals surface area contributed by atoms with Crippen molar-refractivity contribution in [3.8, 4) is 5.75 Å². The van der Waals surface area contributed by atoms with Gasteiger partial charge in [0.15, 0.2) is 0 Å². The zero-order valence-corrected chi connectivity index (χ0v) is 20.7. The standard InChI is InChI=1S/C23H15Br2FN4O4/c1-13-28-20-7-6-16(24)9-18(20)23(31)29(13)27-11-15-8-17(25)10-21(30(32)33)22(15)34-12-14-4-2-3-5-19(14)26/h2-11H,12H2,1H3. The van der Waals surface area contributed by atoms with Crippen LogP contribution in [0.1, 0.15) is 17.0 Å². The van der Waals surface area contributed by atoms with Gasteiger partial charge in [0.25, 0.3) is 5.56 Å². The highest BCUT2D eigenvalue weighted by molar-refractivity contribution is 9.10. The minimum Gasteiger partial charge on any atom is -0.481 e. The average molecular weight is 590 g/mol. The van der Waals surface area contributed by atoms with E-state index >= 15 is 0 Å². The van der Waals surface area contributed by atoms with Gasteiger partial charge in [-0.3, -0.25) is 14.9 Å². The van der Waals surface area contributed by atoms with Crippen LogP contribution in [-0.4, -0.2) is 20.8 Å². The molecule has 0 atom stereocenters. The molecule has 0 saturated heterocycles. The summed E-state index contributed by atoms with van der Waals surface area (Å²) in [5.41, 5.74) is 0.233. The summed E-state index contributed by atoms with van der Waals surface area (Å²) >= 11 is 6.59. The number of aryl methyl sites for hydroxylation is 1. The quantitative estimate of drug-likeness (QED) is 0.162. The van der Waals surface area contributed by atoms with E-state index in [1.807, 2.05) is 0 Å². The summed E-state index contributed by atoms with van der Waals surface area (Å²) in [6, 6.07) is 13.9. The molecular weight excluding hydrogens is 575 g/mol. The first-order valence-electron chi connectivity index (χ1n) is 9.82. The topological polar surface area (TPSA) is 99.6 Å². The fourth-order valence-electron chi connectivity index (χ4n) is 3.27. The fraction of sp³-hybridized carbons (Fsp3) is 0.0870. The fourth-order valence-corrected chi connectivity index (χ4v) is 4.09. The normalized spacial score (nSPS) is 11.3. The van der Waals surface area contributed by atoms with Gasteiger partial charge < -0.3 is 4.74 Å². The van der Waals surface area contributed by atoms with E-state index in [1.54, 1.807) is 37.3 Å². The molecule has 0 radical (unpaired) electrons. The van der Waals surface area contributed by atoms with E-state index in [9.17, 15) is 19.3 Å². The van der Waals surface area contributed by atoms with Crippen molar-refractivity contribution in [1.82, 2.24) is 9.66 Å². The SMILES string of the molecule is Cc1nc2ccc(Br)cc2c(=O)n1N=Cc1cc(Br)cc([N+](=O)[O-])c1OCc1ccccc1F. The van der Waals surface area contributed by atoms with Crippen molar-refractivity contribution in [2.75, 3.05) is 0 Å². The summed E-state index contributed by atoms with van der Waals surface area (Å²) in [6.07, 6.45) is 1.27. The van der Waals surface area contributed by atoms with Gasteiger partial charge in [-0.25, -0.2) is 9.37 Å². The van der Waals surface area contributed by atoms with Crippen LogP contribution in [0.2, 0.25) is 0 Å². The number of ether oxygens (including phenoxy) is 1. The highest BCUT2D eigenvalue weighted by atomic mass is 79.9. The Morgan fingerprint density at radius 1 is 1.18 bits per heavy atom. The van der Waals surface area contributed by atoms with Gasteiger partial charge in [0.1, 0.15) is 18.2 Å². The summed E-state index contributed by atoms with van der Waals surface area (Å²) in [6.45, 7) is 1.39. The smallest absolute Gasteiger partial charge is 0.312 e. The van der Waals surface area contributed by atoms with Gasteiger partial charge >= 0.3 is 5.69 Å². The predicted octanol–water partition coefficient (Wildman–Crippen LogP) is 5.74. The molecule has 1 aromatic heterocycles. The van der Waals surface area contributed by atoms with E-state index in [2.05, 4.69) is 41.9 Å². The molecule has 172 valence electrons. The molecule has 0 N–H and O–H groups in total. The van der Waals surface area contributed by atoms with Crippen LogP contribution in [0.5, 0.6) is 5.75 Å². The van der Waals surface area contributed by atoms with Gasteiger partial charge in [-0.2, -0.15) is 9.78 Å². The van der Waals surface area contributed by atoms with E-state index in [1.165, 1.54) is 30.5 Å². The Morgan fingerprint density at radius 2 is 1.94 bits per heavy atom. The maximum atomic E-state index is 14.0. The number of nitro benzene ring substituents is 1. The van der Waals surface area contributed by atoms with E-state index in [-0.39, 0.29) is 29.2 Å². The zero-order chi connectivity index (χ0) is 24.4. The Balaban J connectivity index is 1.79. The van der Waals surface area contributed by atoms with Crippen LogP contribution >= 0.6 is 31.9 Å². The molecule has 4 aromatic rings. The molecule has 11 heteroatoms. The molecule has 0 fully saturated rings. The first-order valence-corrected chi connectivity index (χ1v) is 11.4. The number of aromatic nitrogens is 2. The van der Waals surface area contributed by atoms with Crippen LogP contribution in [0.15, 0.2) is 73.4 Å². The largest absolute Gasteiger partial charge is 0.481 e. The number of fused-ring (bicyclic) bond motifs is 1. The van der Waals surface area contributed by atoms with Gasteiger partial charge in [-0.1, -0.05) is 50.1 Å². The molecule has 0 aliphatic carbocycles. The monoisotopic (exact) mass is 588 g/mol. The molecule has 3 aromatic carbocycles. The lowest BCUT2D eigenvalue weighted by atomic mass is 10.2. The Morgan fingerprint density at radius 3 is 2.68 bits per heavy atom. The molecule has 0 spiro atoms. The third kappa shape index (κ3) is 4.90. The molecule has 0 aliphatic rings. The first-order chi connectivity index (χ1) is 16.2. The molecule has 34 heavy (non-hydrogen) atoms. The van der Waals surface area contributed by atoms with Crippen molar-refractivity contribution < 1.29 is 14.1 Å². The van der Waals surface area contributed by atoms with Crippen LogP contribution in [0, 0.1) is 22.9 Å². The second-order valence-corrected chi connectivity index (χ2v) is 8.99. The van der Waals surface area contributed by atoms with Gasteiger partial charge in [-0.05, 0) is 37.3 Å². The maximum absolute atomic E-state index is 14.0. The van der Waals surface area contributed by atoms with Crippen molar-refractivity contribution in [1.29, 1.82) is 0 Å². The summed E-state index contributed by atoms with van der Waals surface area (Å²) in [4.78, 5) is 28.5. The zero-order valence-electron chi connectivity index (χ0n) is 17.5. The average Bonchev–Trinajstić information content (AvgIpc) is 2.79. The molecular formula is C23H15Br2FN4O4. The van der Waals surface area contributed by atoms with E-state index < -0.39 is 16.3 Å². The van der Waals surface area contributed by atoms with Crippen molar-refractivity contribution in [3.63, 3.8) is 0 Å². The van der Waals surface area contributed by atoms with Crippen molar-refractivity contribution in [2.24, 2.45) is 5.10 Å². The van der Waals surface area contributed by atoms with Crippen molar-refractivity contribution in [3.05, 3.63) is 107 Å². The Labute approximate surface area is 209 Å². The Kier molecular flexibility index (Phi) is 6.85. The highest BCUT2D eigenvalue weighted by Crippen LogP contribution is 2.34. The molecule has 0 amide bonds. The van der Waals surface area contributed by atoms with Crippen LogP contribution in [0.25, 0.3) is 10.9 Å². The molecule has 8 nitrogen and oxygen atoms in total. The number of nitro groups is 1. The van der Waals surface area contributed by atoms with E-state index in [0.717, 1.165) is 4.68 Å². The summed E-state index contributed by atoms with van der Waals surface area (Å²) < 4.78 is 21.9. The van der Waals surface area contributed by atoms with Crippen LogP contribution in [0.3, 0.4) is 0 Å². The number of benzene rings is 3. The molecule has 1 heterocycles. The van der Waals surface area contributed by atoms with E-state index in [0.29, 0.717) is 25.7 Å². The second-order valence-electron chi connectivity index (χ2n) is 7.16. The number of hydrogen-bond acceptors (Lipinski definition) is 6. The van der Waals surface area contributed by atoms with Gasteiger partial charge in [0.2, 0.25) is 5.75 Å². The summed E-state index contributed by atoms with van der Waals surface area (Å²) in [7, 11) is 0. The third-order valence-corrected chi connectivity index (χ3v) is 5.82. The van der Waals surface area contributed by atoms with Crippen LogP contribution < -0.4 is 10.3 Å².